The highest BCUT2D eigenvalue weighted by Crippen LogP contribution is 2.15. The Morgan fingerprint density at radius 1 is 1.29 bits per heavy atom. The van der Waals surface area contributed by atoms with E-state index in [2.05, 4.69) is 57.4 Å². The number of esters is 1. The summed E-state index contributed by atoms with van der Waals surface area (Å²) in [5.41, 5.74) is 1.26. The Hall–Kier alpha value is -1.69. The van der Waals surface area contributed by atoms with Gasteiger partial charge in [-0.25, -0.2) is 0 Å². The van der Waals surface area contributed by atoms with Gasteiger partial charge in [-0.3, -0.25) is 9.79 Å². The van der Waals surface area contributed by atoms with E-state index in [1.807, 2.05) is 7.05 Å². The van der Waals surface area contributed by atoms with E-state index in [9.17, 15) is 4.79 Å². The number of unbranched alkanes of at least 4 members (excludes halogenated alkanes) is 1. The first-order chi connectivity index (χ1) is 11.6. The second-order valence-corrected chi connectivity index (χ2v) is 6.35. The highest BCUT2D eigenvalue weighted by atomic mass is 32.2. The van der Waals surface area contributed by atoms with Crippen LogP contribution in [0, 0.1) is 0 Å². The number of thioether (sulfide) groups is 1. The van der Waals surface area contributed by atoms with Crippen molar-refractivity contribution in [2.45, 2.75) is 37.6 Å². The molecule has 0 aromatic heterocycles. The second-order valence-electron chi connectivity index (χ2n) is 5.47. The number of aliphatic imine (C=N–C) groups is 1. The van der Waals surface area contributed by atoms with Crippen LogP contribution in [-0.4, -0.2) is 50.3 Å². The van der Waals surface area contributed by atoms with Gasteiger partial charge in [-0.1, -0.05) is 12.1 Å². The number of carbonyl (C=O) groups is 1. The molecule has 0 radical (unpaired) electrons. The van der Waals surface area contributed by atoms with Crippen molar-refractivity contribution >= 4 is 23.7 Å². The lowest BCUT2D eigenvalue weighted by Gasteiger charge is -2.22. The molecular formula is C18H29N3O2S. The molecule has 0 atom stereocenters. The first kappa shape index (κ1) is 20.4. The molecule has 0 saturated heterocycles. The van der Waals surface area contributed by atoms with Crippen molar-refractivity contribution in [1.29, 1.82) is 0 Å². The monoisotopic (exact) mass is 351 g/mol. The third-order valence-corrected chi connectivity index (χ3v) is 4.30. The predicted octanol–water partition coefficient (Wildman–Crippen LogP) is 3.15. The van der Waals surface area contributed by atoms with E-state index in [4.69, 9.17) is 0 Å². The molecule has 1 aromatic rings. The van der Waals surface area contributed by atoms with Crippen molar-refractivity contribution in [3.8, 4) is 0 Å². The standard InChI is InChI=1S/C18H29N3O2S/c1-5-19-18(20-13-7-6-8-17(22)23-3)21(2)14-15-9-11-16(24-4)12-10-15/h9-12H,5-8,13-14H2,1-4H3,(H,19,20). The molecule has 0 aliphatic rings. The smallest absolute Gasteiger partial charge is 0.305 e. The number of methoxy groups -OCH3 is 1. The van der Waals surface area contributed by atoms with Crippen molar-refractivity contribution in [2.75, 3.05) is 33.5 Å². The molecule has 0 heterocycles. The molecule has 5 nitrogen and oxygen atoms in total. The normalized spacial score (nSPS) is 11.2. The van der Waals surface area contributed by atoms with Gasteiger partial charge in [0.05, 0.1) is 7.11 Å². The van der Waals surface area contributed by atoms with E-state index in [0.717, 1.165) is 31.9 Å². The van der Waals surface area contributed by atoms with Crippen molar-refractivity contribution < 1.29 is 9.53 Å². The number of hydrogen-bond donors (Lipinski definition) is 1. The molecule has 0 bridgehead atoms. The predicted molar refractivity (Wildman–Crippen MR) is 102 cm³/mol. The minimum atomic E-state index is -0.156. The fourth-order valence-corrected chi connectivity index (χ4v) is 2.63. The molecule has 6 heteroatoms. The Labute approximate surface area is 149 Å². The SMILES string of the molecule is CCNC(=NCCCCC(=O)OC)N(C)Cc1ccc(SC)cc1. The zero-order chi connectivity index (χ0) is 17.8. The summed E-state index contributed by atoms with van der Waals surface area (Å²) in [6.45, 7) is 4.41. The maximum atomic E-state index is 11.1. The molecule has 0 unspecified atom stereocenters. The number of nitrogens with zero attached hydrogens (tertiary/aromatic N) is 2. The van der Waals surface area contributed by atoms with Crippen molar-refractivity contribution in [1.82, 2.24) is 10.2 Å². The van der Waals surface area contributed by atoms with Crippen LogP contribution >= 0.6 is 11.8 Å². The van der Waals surface area contributed by atoms with Gasteiger partial charge in [0.25, 0.3) is 0 Å². The lowest BCUT2D eigenvalue weighted by atomic mass is 10.2. The highest BCUT2D eigenvalue weighted by molar-refractivity contribution is 7.98. The number of hydrogen-bond acceptors (Lipinski definition) is 4. The average molecular weight is 352 g/mol. The van der Waals surface area contributed by atoms with Crippen LogP contribution in [0.5, 0.6) is 0 Å². The van der Waals surface area contributed by atoms with Gasteiger partial charge in [0.15, 0.2) is 5.96 Å². The van der Waals surface area contributed by atoms with Crippen molar-refractivity contribution in [3.63, 3.8) is 0 Å². The molecule has 0 spiro atoms. The van der Waals surface area contributed by atoms with E-state index in [1.165, 1.54) is 17.6 Å². The summed E-state index contributed by atoms with van der Waals surface area (Å²) in [5.74, 6) is 0.737. The number of benzene rings is 1. The Morgan fingerprint density at radius 3 is 2.58 bits per heavy atom. The molecule has 24 heavy (non-hydrogen) atoms. The van der Waals surface area contributed by atoms with Crippen LogP contribution in [0.3, 0.4) is 0 Å². The molecule has 1 aromatic carbocycles. The van der Waals surface area contributed by atoms with E-state index in [0.29, 0.717) is 13.0 Å². The van der Waals surface area contributed by atoms with Gasteiger partial charge in [-0.05, 0) is 43.7 Å². The van der Waals surface area contributed by atoms with Crippen LogP contribution in [0.2, 0.25) is 0 Å². The first-order valence-corrected chi connectivity index (χ1v) is 9.52. The van der Waals surface area contributed by atoms with Gasteiger partial charge >= 0.3 is 5.97 Å². The lowest BCUT2D eigenvalue weighted by molar-refractivity contribution is -0.140. The molecule has 0 fully saturated rings. The van der Waals surface area contributed by atoms with Gasteiger partial charge in [0, 0.05) is 38.0 Å². The molecule has 1 N–H and O–H groups in total. The topological polar surface area (TPSA) is 53.9 Å². The summed E-state index contributed by atoms with van der Waals surface area (Å²) >= 11 is 1.75. The third-order valence-electron chi connectivity index (χ3n) is 3.55. The summed E-state index contributed by atoms with van der Waals surface area (Å²) in [4.78, 5) is 19.1. The van der Waals surface area contributed by atoms with Gasteiger partial charge in [-0.15, -0.1) is 11.8 Å². The number of carbonyl (C=O) groups excluding carboxylic acids is 1. The summed E-state index contributed by atoms with van der Waals surface area (Å²) in [7, 11) is 3.46. The zero-order valence-electron chi connectivity index (χ0n) is 15.2. The first-order valence-electron chi connectivity index (χ1n) is 8.29. The van der Waals surface area contributed by atoms with Crippen LogP contribution in [0.25, 0.3) is 0 Å². The van der Waals surface area contributed by atoms with Gasteiger partial charge < -0.3 is 15.0 Å². The Kier molecular flexibility index (Phi) is 10.00. The molecule has 0 amide bonds. The van der Waals surface area contributed by atoms with Gasteiger partial charge in [0.2, 0.25) is 0 Å². The lowest BCUT2D eigenvalue weighted by Crippen LogP contribution is -2.38. The third kappa shape index (κ3) is 7.73. The minimum Gasteiger partial charge on any atom is -0.469 e. The van der Waals surface area contributed by atoms with E-state index < -0.39 is 0 Å². The van der Waals surface area contributed by atoms with Crippen molar-refractivity contribution in [2.24, 2.45) is 4.99 Å². The zero-order valence-corrected chi connectivity index (χ0v) is 16.0. The van der Waals surface area contributed by atoms with Crippen LogP contribution in [-0.2, 0) is 16.1 Å². The quantitative estimate of drug-likeness (QED) is 0.243. The second kappa shape index (κ2) is 11.8. The Morgan fingerprint density at radius 2 is 2.00 bits per heavy atom. The molecule has 0 aliphatic carbocycles. The van der Waals surface area contributed by atoms with Crippen LogP contribution in [0.15, 0.2) is 34.2 Å². The van der Waals surface area contributed by atoms with Crippen LogP contribution in [0.1, 0.15) is 31.7 Å². The maximum Gasteiger partial charge on any atom is 0.305 e. The van der Waals surface area contributed by atoms with E-state index in [1.54, 1.807) is 11.8 Å². The maximum absolute atomic E-state index is 11.1. The Bertz CT molecular complexity index is 518. The summed E-state index contributed by atoms with van der Waals surface area (Å²) in [6, 6.07) is 8.60. The summed E-state index contributed by atoms with van der Waals surface area (Å²) < 4.78 is 4.64. The van der Waals surface area contributed by atoms with Gasteiger partial charge in [-0.2, -0.15) is 0 Å². The minimum absolute atomic E-state index is 0.156. The number of rotatable bonds is 9. The highest BCUT2D eigenvalue weighted by Gasteiger charge is 2.06. The molecule has 0 aliphatic heterocycles. The van der Waals surface area contributed by atoms with Gasteiger partial charge in [0.1, 0.15) is 0 Å². The number of nitrogens with one attached hydrogen (secondary N) is 1. The van der Waals surface area contributed by atoms with Crippen LogP contribution < -0.4 is 5.32 Å². The van der Waals surface area contributed by atoms with E-state index >= 15 is 0 Å². The van der Waals surface area contributed by atoms with Crippen molar-refractivity contribution in [3.05, 3.63) is 29.8 Å². The molecular weight excluding hydrogens is 322 g/mol. The fourth-order valence-electron chi connectivity index (χ4n) is 2.22. The number of guanidine groups is 1. The van der Waals surface area contributed by atoms with Crippen LogP contribution in [0.4, 0.5) is 0 Å². The van der Waals surface area contributed by atoms with E-state index in [-0.39, 0.29) is 5.97 Å². The summed E-state index contributed by atoms with van der Waals surface area (Å²) in [5, 5.41) is 3.32. The molecule has 1 rings (SSSR count). The average Bonchev–Trinajstić information content (AvgIpc) is 2.60. The molecule has 134 valence electrons. The largest absolute Gasteiger partial charge is 0.469 e. The number of ether oxygens (including phenoxy) is 1. The Balaban J connectivity index is 2.51. The summed E-state index contributed by atoms with van der Waals surface area (Å²) in [6.07, 6.45) is 4.22. The fraction of sp³-hybridized carbons (Fsp3) is 0.556. The molecule has 0 saturated carbocycles.